The van der Waals surface area contributed by atoms with E-state index in [1.807, 2.05) is 36.5 Å². The van der Waals surface area contributed by atoms with Crippen molar-refractivity contribution in [1.29, 1.82) is 0 Å². The normalized spacial score (nSPS) is 28.7. The van der Waals surface area contributed by atoms with Gasteiger partial charge in [-0.25, -0.2) is 4.79 Å². The second-order valence-corrected chi connectivity index (χ2v) is 5.42. The highest BCUT2D eigenvalue weighted by molar-refractivity contribution is 5.69. The van der Waals surface area contributed by atoms with Crippen molar-refractivity contribution in [1.82, 2.24) is 4.90 Å². The molecule has 3 rings (SSSR count). The number of rotatable bonds is 2. The highest BCUT2D eigenvalue weighted by atomic mass is 16.6. The van der Waals surface area contributed by atoms with Crippen molar-refractivity contribution in [2.24, 2.45) is 11.3 Å². The van der Waals surface area contributed by atoms with E-state index in [1.54, 1.807) is 4.90 Å². The predicted octanol–water partition coefficient (Wildman–Crippen LogP) is 3.18. The fourth-order valence-corrected chi connectivity index (χ4v) is 2.45. The molecule has 1 saturated carbocycles. The zero-order chi connectivity index (χ0) is 12.6. The summed E-state index contributed by atoms with van der Waals surface area (Å²) in [6.45, 7) is 3.37. The fraction of sp³-hybridized carbons (Fsp3) is 0.400. The van der Waals surface area contributed by atoms with Crippen molar-refractivity contribution in [2.75, 3.05) is 6.54 Å². The Kier molecular flexibility index (Phi) is 2.62. The average molecular weight is 243 g/mol. The summed E-state index contributed by atoms with van der Waals surface area (Å²) >= 11 is 0. The molecule has 1 aliphatic heterocycles. The first kappa shape index (κ1) is 11.3. The van der Waals surface area contributed by atoms with E-state index in [9.17, 15) is 4.79 Å². The van der Waals surface area contributed by atoms with Crippen LogP contribution in [0.25, 0.3) is 0 Å². The Labute approximate surface area is 107 Å². The highest BCUT2D eigenvalue weighted by Gasteiger charge is 2.51. The van der Waals surface area contributed by atoms with Crippen molar-refractivity contribution in [3.8, 4) is 0 Å². The molecule has 0 saturated heterocycles. The molecule has 94 valence electrons. The Morgan fingerprint density at radius 1 is 1.44 bits per heavy atom. The molecule has 1 aromatic rings. The van der Waals surface area contributed by atoms with Crippen LogP contribution in [0.15, 0.2) is 42.6 Å². The van der Waals surface area contributed by atoms with E-state index in [4.69, 9.17) is 4.74 Å². The lowest BCUT2D eigenvalue weighted by Gasteiger charge is -2.23. The molecule has 3 heteroatoms. The number of hydrogen-bond donors (Lipinski definition) is 0. The minimum absolute atomic E-state index is 0.246. The lowest BCUT2D eigenvalue weighted by Crippen LogP contribution is -2.31. The second kappa shape index (κ2) is 4.16. The van der Waals surface area contributed by atoms with Crippen LogP contribution in [0.2, 0.25) is 0 Å². The maximum atomic E-state index is 11.9. The minimum Gasteiger partial charge on any atom is -0.444 e. The van der Waals surface area contributed by atoms with Crippen LogP contribution in [-0.4, -0.2) is 17.5 Å². The van der Waals surface area contributed by atoms with Gasteiger partial charge in [-0.3, -0.25) is 4.90 Å². The molecule has 1 aromatic carbocycles. The molecule has 0 radical (unpaired) electrons. The molecule has 18 heavy (non-hydrogen) atoms. The van der Waals surface area contributed by atoms with E-state index in [0.717, 1.165) is 12.1 Å². The van der Waals surface area contributed by atoms with Crippen molar-refractivity contribution >= 4 is 6.09 Å². The fourth-order valence-electron chi connectivity index (χ4n) is 2.45. The Balaban J connectivity index is 1.55. The number of fused-ring (bicyclic) bond motifs is 1. The van der Waals surface area contributed by atoms with Crippen LogP contribution in [0.3, 0.4) is 0 Å². The number of allylic oxidation sites excluding steroid dienone is 1. The van der Waals surface area contributed by atoms with Gasteiger partial charge in [-0.15, -0.1) is 0 Å². The molecule has 1 aliphatic carbocycles. The molecule has 0 bridgehead atoms. The maximum absolute atomic E-state index is 11.9. The summed E-state index contributed by atoms with van der Waals surface area (Å²) in [4.78, 5) is 13.6. The number of ether oxygens (including phenoxy) is 1. The van der Waals surface area contributed by atoms with Crippen LogP contribution in [0.1, 0.15) is 18.9 Å². The van der Waals surface area contributed by atoms with Crippen LogP contribution < -0.4 is 0 Å². The molecule has 0 unspecified atom stereocenters. The topological polar surface area (TPSA) is 29.5 Å². The summed E-state index contributed by atoms with van der Waals surface area (Å²) in [5, 5.41) is 0. The van der Waals surface area contributed by atoms with Gasteiger partial charge in [-0.1, -0.05) is 43.3 Å². The van der Waals surface area contributed by atoms with E-state index in [1.165, 1.54) is 6.42 Å². The molecule has 1 heterocycles. The molecule has 0 aromatic heterocycles. The molecule has 0 N–H and O–H groups in total. The number of carbonyl (C=O) groups excluding carboxylic acids is 1. The summed E-state index contributed by atoms with van der Waals surface area (Å²) in [5.74, 6) is 0.617. The predicted molar refractivity (Wildman–Crippen MR) is 68.7 cm³/mol. The van der Waals surface area contributed by atoms with Crippen molar-refractivity contribution in [3.63, 3.8) is 0 Å². The SMILES string of the molecule is C[C@@]12C=CN(C(=O)OCc3ccccc3)C[C@@H]1C2. The van der Waals surface area contributed by atoms with Crippen LogP contribution in [0.5, 0.6) is 0 Å². The van der Waals surface area contributed by atoms with Gasteiger partial charge >= 0.3 is 6.09 Å². The first-order valence-corrected chi connectivity index (χ1v) is 6.34. The summed E-state index contributed by atoms with van der Waals surface area (Å²) < 4.78 is 5.30. The Morgan fingerprint density at radius 2 is 2.22 bits per heavy atom. The number of benzene rings is 1. The molecule has 0 spiro atoms. The molecule has 2 aliphatic rings. The van der Waals surface area contributed by atoms with Gasteiger partial charge < -0.3 is 4.74 Å². The smallest absolute Gasteiger partial charge is 0.414 e. The average Bonchev–Trinajstić information content (AvgIpc) is 3.07. The molecule has 2 atom stereocenters. The van der Waals surface area contributed by atoms with E-state index in [0.29, 0.717) is 17.9 Å². The summed E-state index contributed by atoms with van der Waals surface area (Å²) in [7, 11) is 0. The summed E-state index contributed by atoms with van der Waals surface area (Å²) in [5.41, 5.74) is 1.36. The first-order valence-electron chi connectivity index (χ1n) is 6.34. The lowest BCUT2D eigenvalue weighted by atomic mass is 10.0. The molecule has 3 nitrogen and oxygen atoms in total. The molecule has 1 amide bonds. The van der Waals surface area contributed by atoms with E-state index in [2.05, 4.69) is 13.0 Å². The molecular formula is C15H17NO2. The quantitative estimate of drug-likeness (QED) is 0.798. The number of nitrogens with zero attached hydrogens (tertiary/aromatic N) is 1. The minimum atomic E-state index is -0.246. The Morgan fingerprint density at radius 3 is 2.94 bits per heavy atom. The second-order valence-electron chi connectivity index (χ2n) is 5.42. The maximum Gasteiger partial charge on any atom is 0.414 e. The molecular weight excluding hydrogens is 226 g/mol. The van der Waals surface area contributed by atoms with Crippen molar-refractivity contribution in [2.45, 2.75) is 20.0 Å². The van der Waals surface area contributed by atoms with E-state index >= 15 is 0 Å². The third-order valence-electron chi connectivity index (χ3n) is 3.95. The van der Waals surface area contributed by atoms with Crippen molar-refractivity contribution in [3.05, 3.63) is 48.2 Å². The highest BCUT2D eigenvalue weighted by Crippen LogP contribution is 2.55. The van der Waals surface area contributed by atoms with Crippen molar-refractivity contribution < 1.29 is 9.53 Å². The largest absolute Gasteiger partial charge is 0.444 e. The zero-order valence-electron chi connectivity index (χ0n) is 10.5. The van der Waals surface area contributed by atoms with Gasteiger partial charge in [0.1, 0.15) is 6.61 Å². The van der Waals surface area contributed by atoms with E-state index in [-0.39, 0.29) is 6.09 Å². The third-order valence-corrected chi connectivity index (χ3v) is 3.95. The van der Waals surface area contributed by atoms with Gasteiger partial charge in [-0.05, 0) is 23.3 Å². The monoisotopic (exact) mass is 243 g/mol. The van der Waals surface area contributed by atoms with Crippen LogP contribution in [0, 0.1) is 11.3 Å². The van der Waals surface area contributed by atoms with Crippen LogP contribution in [0.4, 0.5) is 4.79 Å². The Bertz CT molecular complexity index is 483. The number of carbonyl (C=O) groups is 1. The van der Waals surface area contributed by atoms with Crippen LogP contribution in [-0.2, 0) is 11.3 Å². The third kappa shape index (κ3) is 2.13. The Hall–Kier alpha value is -1.77. The zero-order valence-corrected chi connectivity index (χ0v) is 10.5. The summed E-state index contributed by atoms with van der Waals surface area (Å²) in [6, 6.07) is 9.75. The lowest BCUT2D eigenvalue weighted by molar-refractivity contribution is 0.107. The van der Waals surface area contributed by atoms with E-state index < -0.39 is 0 Å². The number of hydrogen-bond acceptors (Lipinski definition) is 2. The first-order chi connectivity index (χ1) is 8.67. The molecule has 1 fully saturated rings. The van der Waals surface area contributed by atoms with Gasteiger partial charge in [0.05, 0.1) is 0 Å². The van der Waals surface area contributed by atoms with Crippen LogP contribution >= 0.6 is 0 Å². The van der Waals surface area contributed by atoms with Gasteiger partial charge in [0, 0.05) is 12.7 Å². The number of amides is 1. The van der Waals surface area contributed by atoms with Gasteiger partial charge in [-0.2, -0.15) is 0 Å². The van der Waals surface area contributed by atoms with Gasteiger partial charge in [0.15, 0.2) is 0 Å². The standard InChI is InChI=1S/C15H17NO2/c1-15-7-8-16(10-13(15)9-15)14(17)18-11-12-5-3-2-4-6-12/h2-8,13H,9-11H2,1H3/t13-,15-/m0/s1. The van der Waals surface area contributed by atoms with Gasteiger partial charge in [0.2, 0.25) is 0 Å². The van der Waals surface area contributed by atoms with Gasteiger partial charge in [0.25, 0.3) is 0 Å². The summed E-state index contributed by atoms with van der Waals surface area (Å²) in [6.07, 6.45) is 4.94.